The molecule has 0 radical (unpaired) electrons. The minimum atomic E-state index is -0.108. The lowest BCUT2D eigenvalue weighted by molar-refractivity contribution is 0.0943. The quantitative estimate of drug-likeness (QED) is 0.290. The smallest absolute Gasteiger partial charge is 0.270 e. The van der Waals surface area contributed by atoms with Gasteiger partial charge in [-0.3, -0.25) is 9.36 Å². The first kappa shape index (κ1) is 21.9. The van der Waals surface area contributed by atoms with Crippen LogP contribution in [0.25, 0.3) is 16.8 Å². The van der Waals surface area contributed by atoms with Crippen LogP contribution in [0.2, 0.25) is 0 Å². The van der Waals surface area contributed by atoms with Gasteiger partial charge in [0, 0.05) is 17.6 Å². The summed E-state index contributed by atoms with van der Waals surface area (Å²) in [4.78, 5) is 17.3. The van der Waals surface area contributed by atoms with E-state index < -0.39 is 0 Å². The van der Waals surface area contributed by atoms with Gasteiger partial charge < -0.3 is 10.1 Å². The zero-order valence-corrected chi connectivity index (χ0v) is 19.6. The minimum absolute atomic E-state index is 0.108. The molecule has 6 rings (SSSR count). The third kappa shape index (κ3) is 4.64. The third-order valence-electron chi connectivity index (χ3n) is 6.50. The van der Waals surface area contributed by atoms with Gasteiger partial charge in [-0.1, -0.05) is 72.8 Å². The van der Waals surface area contributed by atoms with Gasteiger partial charge in [-0.25, -0.2) is 4.98 Å². The summed E-state index contributed by atoms with van der Waals surface area (Å²) in [6.07, 6.45) is 4.27. The predicted octanol–water partition coefficient (Wildman–Crippen LogP) is 6.62. The Kier molecular flexibility index (Phi) is 5.80. The first-order valence-electron chi connectivity index (χ1n) is 12.1. The fourth-order valence-corrected chi connectivity index (χ4v) is 4.51. The predicted molar refractivity (Wildman–Crippen MR) is 141 cm³/mol. The second-order valence-electron chi connectivity index (χ2n) is 8.97. The molecule has 0 saturated heterocycles. The van der Waals surface area contributed by atoms with Crippen LogP contribution >= 0.6 is 0 Å². The Bertz CT molecular complexity index is 1480. The van der Waals surface area contributed by atoms with E-state index in [0.717, 1.165) is 34.7 Å². The molecule has 1 N–H and O–H groups in total. The van der Waals surface area contributed by atoms with Crippen LogP contribution in [-0.4, -0.2) is 21.5 Å². The highest BCUT2D eigenvalue weighted by molar-refractivity contribution is 5.93. The van der Waals surface area contributed by atoms with Crippen molar-refractivity contribution in [2.75, 3.05) is 0 Å². The molecular weight excluding hydrogens is 446 g/mol. The molecule has 176 valence electrons. The molecule has 5 heteroatoms. The van der Waals surface area contributed by atoms with Crippen molar-refractivity contribution in [1.82, 2.24) is 14.9 Å². The first-order valence-corrected chi connectivity index (χ1v) is 12.1. The summed E-state index contributed by atoms with van der Waals surface area (Å²) in [5.41, 5.74) is 4.79. The molecule has 0 spiro atoms. The summed E-state index contributed by atoms with van der Waals surface area (Å²) >= 11 is 0. The maximum atomic E-state index is 13.1. The lowest BCUT2D eigenvalue weighted by Crippen LogP contribution is -2.28. The van der Waals surface area contributed by atoms with E-state index in [2.05, 4.69) is 34.6 Å². The van der Waals surface area contributed by atoms with E-state index in [-0.39, 0.29) is 11.9 Å². The van der Waals surface area contributed by atoms with Crippen molar-refractivity contribution in [2.45, 2.75) is 18.4 Å². The van der Waals surface area contributed by atoms with Crippen LogP contribution in [-0.2, 0) is 0 Å². The van der Waals surface area contributed by atoms with Crippen LogP contribution in [0.3, 0.4) is 0 Å². The zero-order chi connectivity index (χ0) is 24.3. The number of amides is 1. The number of imidazole rings is 1. The Hall–Kier alpha value is -4.64. The van der Waals surface area contributed by atoms with Crippen LogP contribution in [0.1, 0.15) is 28.4 Å². The van der Waals surface area contributed by atoms with Crippen LogP contribution in [0.4, 0.5) is 0 Å². The molecule has 5 aromatic rings. The third-order valence-corrected chi connectivity index (χ3v) is 6.50. The van der Waals surface area contributed by atoms with E-state index >= 15 is 0 Å². The fraction of sp³-hybridized carbons (Fsp3) is 0.0968. The van der Waals surface area contributed by atoms with Crippen LogP contribution in [0.5, 0.6) is 11.5 Å². The first-order chi connectivity index (χ1) is 17.7. The molecule has 36 heavy (non-hydrogen) atoms. The second-order valence-corrected chi connectivity index (χ2v) is 8.97. The SMILES string of the molecule is O=C(N[C@@H]1C[C@@H]1c1ccccc1)c1cncn1-c1cccc(-c2ccc(Oc3ccccc3)cc2)c1. The molecule has 1 aliphatic carbocycles. The van der Waals surface area contributed by atoms with E-state index in [1.54, 1.807) is 12.5 Å². The molecular formula is C31H25N3O2. The van der Waals surface area contributed by atoms with E-state index in [1.165, 1.54) is 5.56 Å². The monoisotopic (exact) mass is 471 g/mol. The Morgan fingerprint density at radius 1 is 0.806 bits per heavy atom. The molecule has 5 nitrogen and oxygen atoms in total. The van der Waals surface area contributed by atoms with Gasteiger partial charge in [0.25, 0.3) is 5.91 Å². The van der Waals surface area contributed by atoms with E-state index in [9.17, 15) is 4.79 Å². The number of nitrogens with zero attached hydrogens (tertiary/aromatic N) is 2. The number of aromatic nitrogens is 2. The fourth-order valence-electron chi connectivity index (χ4n) is 4.51. The topological polar surface area (TPSA) is 56.2 Å². The average molecular weight is 472 g/mol. The summed E-state index contributed by atoms with van der Waals surface area (Å²) in [7, 11) is 0. The molecule has 1 heterocycles. The molecule has 0 aliphatic heterocycles. The second kappa shape index (κ2) is 9.55. The van der Waals surface area contributed by atoms with Crippen LogP contribution in [0, 0.1) is 0 Å². The van der Waals surface area contributed by atoms with Crippen molar-refractivity contribution < 1.29 is 9.53 Å². The number of ether oxygens (including phenoxy) is 1. The summed E-state index contributed by atoms with van der Waals surface area (Å²) < 4.78 is 7.75. The summed E-state index contributed by atoms with van der Waals surface area (Å²) in [5, 5.41) is 3.17. The normalized spacial score (nSPS) is 16.3. The van der Waals surface area contributed by atoms with Gasteiger partial charge in [0.2, 0.25) is 0 Å². The highest BCUT2D eigenvalue weighted by Gasteiger charge is 2.39. The zero-order valence-electron chi connectivity index (χ0n) is 19.6. The maximum absolute atomic E-state index is 13.1. The molecule has 1 fully saturated rings. The van der Waals surface area contributed by atoms with Crippen molar-refractivity contribution >= 4 is 5.91 Å². The van der Waals surface area contributed by atoms with Gasteiger partial charge in [0.1, 0.15) is 17.2 Å². The molecule has 4 aromatic carbocycles. The summed E-state index contributed by atoms with van der Waals surface area (Å²) in [5.74, 6) is 1.86. The summed E-state index contributed by atoms with van der Waals surface area (Å²) in [6.45, 7) is 0. The molecule has 0 unspecified atom stereocenters. The number of rotatable bonds is 7. The molecule has 0 bridgehead atoms. The van der Waals surface area contributed by atoms with E-state index in [1.807, 2.05) is 89.5 Å². The Morgan fingerprint density at radius 2 is 1.53 bits per heavy atom. The average Bonchev–Trinajstić information content (AvgIpc) is 3.51. The van der Waals surface area contributed by atoms with E-state index in [0.29, 0.717) is 11.6 Å². The Labute approximate surface area is 210 Å². The lowest BCUT2D eigenvalue weighted by atomic mass is 10.0. The number of nitrogens with one attached hydrogen (secondary N) is 1. The maximum Gasteiger partial charge on any atom is 0.270 e. The van der Waals surface area contributed by atoms with Crippen molar-refractivity contribution in [2.24, 2.45) is 0 Å². The van der Waals surface area contributed by atoms with Gasteiger partial charge >= 0.3 is 0 Å². The van der Waals surface area contributed by atoms with Crippen molar-refractivity contribution in [3.63, 3.8) is 0 Å². The van der Waals surface area contributed by atoms with Crippen LogP contribution in [0.15, 0.2) is 122 Å². The lowest BCUT2D eigenvalue weighted by Gasteiger charge is -2.11. The molecule has 1 amide bonds. The standard InChI is InChI=1S/C31H25N3O2/c35-31(33-29-19-28(29)23-8-3-1-4-9-23)30-20-32-21-34(30)25-11-7-10-24(18-25)22-14-16-27(17-15-22)36-26-12-5-2-6-13-26/h1-18,20-21,28-29H,19H2,(H,33,35)/t28-,29-/m1/s1. The van der Waals surface area contributed by atoms with Gasteiger partial charge in [-0.05, 0) is 59.5 Å². The van der Waals surface area contributed by atoms with Gasteiger partial charge in [-0.15, -0.1) is 0 Å². The Morgan fingerprint density at radius 3 is 2.31 bits per heavy atom. The van der Waals surface area contributed by atoms with Gasteiger partial charge in [0.15, 0.2) is 0 Å². The van der Waals surface area contributed by atoms with Crippen molar-refractivity contribution in [3.8, 4) is 28.3 Å². The minimum Gasteiger partial charge on any atom is -0.457 e. The molecule has 2 atom stereocenters. The number of hydrogen-bond donors (Lipinski definition) is 1. The highest BCUT2D eigenvalue weighted by atomic mass is 16.5. The van der Waals surface area contributed by atoms with Crippen molar-refractivity contribution in [1.29, 1.82) is 0 Å². The summed E-state index contributed by atoms with van der Waals surface area (Å²) in [6, 6.07) is 36.3. The number of carbonyl (C=O) groups is 1. The van der Waals surface area contributed by atoms with Crippen LogP contribution < -0.4 is 10.1 Å². The number of carbonyl (C=O) groups excluding carboxylic acids is 1. The molecule has 1 saturated carbocycles. The number of benzene rings is 4. The highest BCUT2D eigenvalue weighted by Crippen LogP contribution is 2.40. The molecule has 1 aromatic heterocycles. The largest absolute Gasteiger partial charge is 0.457 e. The number of para-hydroxylation sites is 1. The van der Waals surface area contributed by atoms with Crippen molar-refractivity contribution in [3.05, 3.63) is 133 Å². The molecule has 1 aliphatic rings. The van der Waals surface area contributed by atoms with Gasteiger partial charge in [0.05, 0.1) is 12.5 Å². The Balaban J connectivity index is 1.17. The van der Waals surface area contributed by atoms with E-state index in [4.69, 9.17) is 4.74 Å². The number of hydrogen-bond acceptors (Lipinski definition) is 3. The van der Waals surface area contributed by atoms with Gasteiger partial charge in [-0.2, -0.15) is 0 Å².